The molecule has 1 aliphatic heterocycles. The summed E-state index contributed by atoms with van der Waals surface area (Å²) in [5, 5.41) is 8.47. The molecule has 0 N–H and O–H groups in total. The van der Waals surface area contributed by atoms with Crippen molar-refractivity contribution < 1.29 is 19.0 Å². The number of hydrogen-bond acceptors (Lipinski definition) is 5. The first-order valence-electron chi connectivity index (χ1n) is 7.09. The van der Waals surface area contributed by atoms with E-state index < -0.39 is 0 Å². The average molecular weight is 386 g/mol. The topological polar surface area (TPSA) is 68.5 Å². The van der Waals surface area contributed by atoms with Crippen molar-refractivity contribution in [3.8, 4) is 23.3 Å². The zero-order valence-corrected chi connectivity index (χ0v) is 14.1. The molecule has 1 aliphatic rings. The predicted molar refractivity (Wildman–Crippen MR) is 91.2 cm³/mol. The molecule has 24 heavy (non-hydrogen) atoms. The number of fused-ring (bicyclic) bond motifs is 1. The van der Waals surface area contributed by atoms with Crippen LogP contribution in [0.25, 0.3) is 6.08 Å². The Bertz CT molecular complexity index is 837. The molecule has 0 aromatic heterocycles. The highest BCUT2D eigenvalue weighted by Crippen LogP contribution is 2.40. The highest BCUT2D eigenvalue weighted by atomic mass is 79.9. The van der Waals surface area contributed by atoms with Gasteiger partial charge in [0.2, 0.25) is 6.79 Å². The first kappa shape index (κ1) is 16.1. The second-order valence-corrected chi connectivity index (χ2v) is 5.76. The number of carbonyl (C=O) groups is 1. The van der Waals surface area contributed by atoms with E-state index in [1.54, 1.807) is 30.3 Å². The van der Waals surface area contributed by atoms with Crippen LogP contribution in [0.15, 0.2) is 46.9 Å². The summed E-state index contributed by atoms with van der Waals surface area (Å²) in [6.45, 7) is 0.173. The molecule has 0 spiro atoms. The van der Waals surface area contributed by atoms with E-state index in [1.807, 2.05) is 18.2 Å². The normalized spacial score (nSPS) is 12.2. The van der Waals surface area contributed by atoms with Crippen LogP contribution in [-0.2, 0) is 0 Å². The third kappa shape index (κ3) is 3.58. The van der Waals surface area contributed by atoms with E-state index in [0.717, 1.165) is 10.0 Å². The SMILES string of the molecule is N#CCOc1ccc(C(=O)/C=C/c2cc(Br)c3c(c2)OCO3)cc1. The number of ketones is 1. The minimum Gasteiger partial charge on any atom is -0.479 e. The Hall–Kier alpha value is -2.78. The standard InChI is InChI=1S/C18H12BrNO4/c19-15-9-12(10-17-18(15)24-11-23-17)1-6-16(21)13-2-4-14(5-3-13)22-8-7-20/h1-6,9-10H,8,11H2/b6-1+. The molecule has 2 aromatic carbocycles. The van der Waals surface area contributed by atoms with Crippen LogP contribution in [0, 0.1) is 11.3 Å². The van der Waals surface area contributed by atoms with Gasteiger partial charge in [0.25, 0.3) is 0 Å². The van der Waals surface area contributed by atoms with Crippen LogP contribution in [0.1, 0.15) is 15.9 Å². The van der Waals surface area contributed by atoms with Gasteiger partial charge in [-0.2, -0.15) is 5.26 Å². The zero-order valence-electron chi connectivity index (χ0n) is 12.5. The molecule has 0 amide bonds. The van der Waals surface area contributed by atoms with Gasteiger partial charge in [0.05, 0.1) is 4.47 Å². The molecule has 0 atom stereocenters. The lowest BCUT2D eigenvalue weighted by atomic mass is 10.1. The summed E-state index contributed by atoms with van der Waals surface area (Å²) in [6.07, 6.45) is 3.21. The summed E-state index contributed by atoms with van der Waals surface area (Å²) in [7, 11) is 0. The van der Waals surface area contributed by atoms with E-state index >= 15 is 0 Å². The van der Waals surface area contributed by atoms with Crippen molar-refractivity contribution in [2.24, 2.45) is 0 Å². The van der Waals surface area contributed by atoms with Gasteiger partial charge in [-0.05, 0) is 64.0 Å². The van der Waals surface area contributed by atoms with Crippen molar-refractivity contribution in [3.63, 3.8) is 0 Å². The lowest BCUT2D eigenvalue weighted by Crippen LogP contribution is -1.96. The number of ether oxygens (including phenoxy) is 3. The number of allylic oxidation sites excluding steroid dienone is 1. The molecule has 0 unspecified atom stereocenters. The van der Waals surface area contributed by atoms with Crippen LogP contribution >= 0.6 is 15.9 Å². The van der Waals surface area contributed by atoms with Crippen LogP contribution < -0.4 is 14.2 Å². The van der Waals surface area contributed by atoms with E-state index in [2.05, 4.69) is 15.9 Å². The van der Waals surface area contributed by atoms with Crippen LogP contribution in [-0.4, -0.2) is 19.2 Å². The third-order valence-electron chi connectivity index (χ3n) is 3.32. The summed E-state index contributed by atoms with van der Waals surface area (Å²) in [5.74, 6) is 1.74. The zero-order chi connectivity index (χ0) is 16.9. The smallest absolute Gasteiger partial charge is 0.231 e. The van der Waals surface area contributed by atoms with E-state index in [1.165, 1.54) is 6.08 Å². The lowest BCUT2D eigenvalue weighted by molar-refractivity contribution is 0.104. The van der Waals surface area contributed by atoms with Gasteiger partial charge >= 0.3 is 0 Å². The molecule has 3 rings (SSSR count). The number of rotatable bonds is 5. The van der Waals surface area contributed by atoms with Crippen molar-refractivity contribution in [2.75, 3.05) is 13.4 Å². The number of halogens is 1. The van der Waals surface area contributed by atoms with Crippen LogP contribution in [0.3, 0.4) is 0 Å². The molecule has 0 saturated carbocycles. The molecule has 5 nitrogen and oxygen atoms in total. The number of benzene rings is 2. The Balaban J connectivity index is 1.71. The highest BCUT2D eigenvalue weighted by Gasteiger charge is 2.17. The van der Waals surface area contributed by atoms with Gasteiger partial charge in [0.15, 0.2) is 23.9 Å². The largest absolute Gasteiger partial charge is 0.479 e. The van der Waals surface area contributed by atoms with Gasteiger partial charge in [0, 0.05) is 5.56 Å². The van der Waals surface area contributed by atoms with Crippen molar-refractivity contribution in [1.29, 1.82) is 5.26 Å². The molecule has 120 valence electrons. The molecule has 2 aromatic rings. The summed E-state index contributed by atoms with van der Waals surface area (Å²) in [5.41, 5.74) is 1.36. The van der Waals surface area contributed by atoms with Gasteiger partial charge < -0.3 is 14.2 Å². The molecule has 0 saturated heterocycles. The summed E-state index contributed by atoms with van der Waals surface area (Å²) in [6, 6.07) is 12.2. The molecule has 0 fully saturated rings. The summed E-state index contributed by atoms with van der Waals surface area (Å²) in [4.78, 5) is 12.2. The highest BCUT2D eigenvalue weighted by molar-refractivity contribution is 9.10. The van der Waals surface area contributed by atoms with Gasteiger partial charge in [-0.1, -0.05) is 6.08 Å². The molecule has 6 heteroatoms. The number of hydrogen-bond donors (Lipinski definition) is 0. The second-order valence-electron chi connectivity index (χ2n) is 4.91. The molecular weight excluding hydrogens is 374 g/mol. The van der Waals surface area contributed by atoms with Crippen LogP contribution in [0.2, 0.25) is 0 Å². The van der Waals surface area contributed by atoms with E-state index in [9.17, 15) is 4.79 Å². The maximum Gasteiger partial charge on any atom is 0.231 e. The van der Waals surface area contributed by atoms with Gasteiger partial charge in [-0.15, -0.1) is 0 Å². The number of nitriles is 1. The Morgan fingerprint density at radius 1 is 1.29 bits per heavy atom. The van der Waals surface area contributed by atoms with Gasteiger partial charge in [-0.25, -0.2) is 0 Å². The molecule has 0 aliphatic carbocycles. The van der Waals surface area contributed by atoms with Crippen LogP contribution in [0.4, 0.5) is 0 Å². The van der Waals surface area contributed by atoms with Crippen molar-refractivity contribution in [1.82, 2.24) is 0 Å². The second kappa shape index (κ2) is 7.20. The van der Waals surface area contributed by atoms with Gasteiger partial charge in [0.1, 0.15) is 11.8 Å². The minimum atomic E-state index is -0.129. The van der Waals surface area contributed by atoms with Crippen LogP contribution in [0.5, 0.6) is 17.2 Å². The monoisotopic (exact) mass is 385 g/mol. The Morgan fingerprint density at radius 2 is 2.08 bits per heavy atom. The number of nitrogens with zero attached hydrogens (tertiary/aromatic N) is 1. The average Bonchev–Trinajstić information content (AvgIpc) is 3.07. The fraction of sp³-hybridized carbons (Fsp3) is 0.111. The van der Waals surface area contributed by atoms with E-state index in [0.29, 0.717) is 22.8 Å². The van der Waals surface area contributed by atoms with Gasteiger partial charge in [-0.3, -0.25) is 4.79 Å². The molecule has 0 bridgehead atoms. The minimum absolute atomic E-state index is 0.0216. The fourth-order valence-corrected chi connectivity index (χ4v) is 2.76. The molecular formula is C18H12BrNO4. The Labute approximate surface area is 147 Å². The summed E-state index contributed by atoms with van der Waals surface area (Å²) >= 11 is 3.42. The fourth-order valence-electron chi connectivity index (χ4n) is 2.18. The Morgan fingerprint density at radius 3 is 2.83 bits per heavy atom. The lowest BCUT2D eigenvalue weighted by Gasteiger charge is -2.02. The maximum atomic E-state index is 12.2. The number of carbonyl (C=O) groups excluding carboxylic acids is 1. The van der Waals surface area contributed by atoms with Crippen molar-refractivity contribution in [2.45, 2.75) is 0 Å². The maximum absolute atomic E-state index is 12.2. The first-order chi connectivity index (χ1) is 11.7. The van der Waals surface area contributed by atoms with E-state index in [-0.39, 0.29) is 19.2 Å². The Kier molecular flexibility index (Phi) is 4.82. The quantitative estimate of drug-likeness (QED) is 0.575. The molecule has 1 heterocycles. The van der Waals surface area contributed by atoms with E-state index in [4.69, 9.17) is 19.5 Å². The van der Waals surface area contributed by atoms with Crippen molar-refractivity contribution in [3.05, 3.63) is 58.1 Å². The third-order valence-corrected chi connectivity index (χ3v) is 3.91. The van der Waals surface area contributed by atoms with Crippen molar-refractivity contribution >= 4 is 27.8 Å². The first-order valence-corrected chi connectivity index (χ1v) is 7.88. The predicted octanol–water partition coefficient (Wildman–Crippen LogP) is 3.98. The molecule has 0 radical (unpaired) electrons. The summed E-state index contributed by atoms with van der Waals surface area (Å²) < 4.78 is 16.6.